The average Bonchev–Trinajstić information content (AvgIpc) is 2.69. The summed E-state index contributed by atoms with van der Waals surface area (Å²) in [4.78, 5) is 52.6. The van der Waals surface area contributed by atoms with Crippen molar-refractivity contribution in [3.8, 4) is 5.75 Å². The number of aromatic nitrogens is 1. The molecule has 2 aromatic rings. The molecule has 4 N–H and O–H groups in total. The van der Waals surface area contributed by atoms with E-state index in [-0.39, 0.29) is 36.6 Å². The molecule has 0 saturated carbocycles. The van der Waals surface area contributed by atoms with Crippen LogP contribution in [0.1, 0.15) is 40.5 Å². The van der Waals surface area contributed by atoms with Gasteiger partial charge >= 0.3 is 0 Å². The summed E-state index contributed by atoms with van der Waals surface area (Å²) in [6.07, 6.45) is 2.06. The summed E-state index contributed by atoms with van der Waals surface area (Å²) in [5, 5.41) is 2.91. The number of nitrogens with two attached hydrogens (primary N) is 1. The minimum Gasteiger partial charge on any atom is -0.482 e. The van der Waals surface area contributed by atoms with E-state index < -0.39 is 11.5 Å². The Kier molecular flexibility index (Phi) is 4.79. The van der Waals surface area contributed by atoms with Gasteiger partial charge in [-0.1, -0.05) is 12.1 Å². The van der Waals surface area contributed by atoms with Crippen molar-refractivity contribution in [3.63, 3.8) is 0 Å². The van der Waals surface area contributed by atoms with Gasteiger partial charge in [-0.3, -0.25) is 24.1 Å². The van der Waals surface area contributed by atoms with E-state index in [1.54, 1.807) is 24.3 Å². The molecule has 0 spiro atoms. The van der Waals surface area contributed by atoms with Crippen LogP contribution in [0.15, 0.2) is 35.1 Å². The number of carbonyl (C=O) groups is 3. The second-order valence-electron chi connectivity index (χ2n) is 7.06. The van der Waals surface area contributed by atoms with Crippen LogP contribution in [-0.2, 0) is 16.0 Å². The fourth-order valence-corrected chi connectivity index (χ4v) is 3.78. The number of pyridine rings is 1. The van der Waals surface area contributed by atoms with Gasteiger partial charge in [-0.05, 0) is 43.0 Å². The predicted molar refractivity (Wildman–Crippen MR) is 104 cm³/mol. The Labute approximate surface area is 165 Å². The van der Waals surface area contributed by atoms with Gasteiger partial charge in [0.25, 0.3) is 17.4 Å². The maximum absolute atomic E-state index is 12.7. The highest BCUT2D eigenvalue weighted by Gasteiger charge is 2.29. The second-order valence-corrected chi connectivity index (χ2v) is 7.06. The summed E-state index contributed by atoms with van der Waals surface area (Å²) in [5.74, 6) is -0.922. The molecule has 2 heterocycles. The molecule has 29 heavy (non-hydrogen) atoms. The minimum absolute atomic E-state index is 0.125. The van der Waals surface area contributed by atoms with Crippen molar-refractivity contribution in [3.05, 3.63) is 57.5 Å². The number of aromatic amines is 1. The summed E-state index contributed by atoms with van der Waals surface area (Å²) in [6, 6.07) is 8.10. The summed E-state index contributed by atoms with van der Waals surface area (Å²) in [6.45, 7) is -0.281. The predicted octanol–water partition coefficient (Wildman–Crippen LogP) is 0.393. The first-order valence-corrected chi connectivity index (χ1v) is 9.31. The maximum atomic E-state index is 12.7. The third-order valence-corrected chi connectivity index (χ3v) is 5.16. The monoisotopic (exact) mass is 396 g/mol. The van der Waals surface area contributed by atoms with Gasteiger partial charge < -0.3 is 20.8 Å². The number of primary amides is 1. The molecular formula is C20H20N4O5. The zero-order valence-corrected chi connectivity index (χ0v) is 15.6. The number of fused-ring (bicyclic) bond motifs is 2. The Morgan fingerprint density at radius 3 is 2.86 bits per heavy atom. The van der Waals surface area contributed by atoms with Gasteiger partial charge in [-0.2, -0.15) is 0 Å². The van der Waals surface area contributed by atoms with Crippen molar-refractivity contribution in [1.29, 1.82) is 0 Å². The third-order valence-electron chi connectivity index (χ3n) is 5.16. The van der Waals surface area contributed by atoms with Crippen LogP contribution >= 0.6 is 0 Å². The number of carbonyl (C=O) groups excluding carboxylic acids is 3. The van der Waals surface area contributed by atoms with Crippen LogP contribution in [0.2, 0.25) is 0 Å². The molecule has 1 aliphatic carbocycles. The van der Waals surface area contributed by atoms with E-state index in [0.29, 0.717) is 35.5 Å². The van der Waals surface area contributed by atoms with Gasteiger partial charge in [0.1, 0.15) is 17.9 Å². The number of H-pyrrole nitrogens is 1. The van der Waals surface area contributed by atoms with Gasteiger partial charge in [0.05, 0.1) is 11.7 Å². The van der Waals surface area contributed by atoms with Crippen molar-refractivity contribution in [1.82, 2.24) is 10.3 Å². The first-order chi connectivity index (χ1) is 13.9. The van der Waals surface area contributed by atoms with Crippen molar-refractivity contribution in [2.75, 3.05) is 18.1 Å². The SMILES string of the molecule is NC(=O)c1cc2c([nH]c1=O)CCCC2NC(=O)CN1C(=O)COc2ccccc21. The Balaban J connectivity index is 1.55. The quantitative estimate of drug-likeness (QED) is 0.687. The average molecular weight is 396 g/mol. The number of benzene rings is 1. The van der Waals surface area contributed by atoms with Crippen LogP contribution in [-0.4, -0.2) is 35.9 Å². The Bertz CT molecular complexity index is 1060. The number of nitrogens with one attached hydrogen (secondary N) is 2. The van der Waals surface area contributed by atoms with Gasteiger partial charge in [-0.25, -0.2) is 0 Å². The van der Waals surface area contributed by atoms with Crippen LogP contribution < -0.4 is 26.2 Å². The topological polar surface area (TPSA) is 135 Å². The van der Waals surface area contributed by atoms with Crippen LogP contribution in [0.5, 0.6) is 5.75 Å². The number of ether oxygens (including phenoxy) is 1. The van der Waals surface area contributed by atoms with Gasteiger partial charge in [0.15, 0.2) is 6.61 Å². The summed E-state index contributed by atoms with van der Waals surface area (Å²) in [5.41, 5.74) is 6.51. The second kappa shape index (κ2) is 7.42. The van der Waals surface area contributed by atoms with Crippen molar-refractivity contribution in [2.24, 2.45) is 5.73 Å². The highest BCUT2D eigenvalue weighted by molar-refractivity contribution is 6.02. The van der Waals surface area contributed by atoms with E-state index in [4.69, 9.17) is 10.5 Å². The van der Waals surface area contributed by atoms with Crippen molar-refractivity contribution >= 4 is 23.4 Å². The summed E-state index contributed by atoms with van der Waals surface area (Å²) >= 11 is 0. The normalized spacial score (nSPS) is 17.7. The lowest BCUT2D eigenvalue weighted by Crippen LogP contribution is -2.46. The lowest BCUT2D eigenvalue weighted by molar-refractivity contribution is -0.125. The van der Waals surface area contributed by atoms with Crippen LogP contribution in [0.3, 0.4) is 0 Å². The van der Waals surface area contributed by atoms with E-state index in [9.17, 15) is 19.2 Å². The Hall–Kier alpha value is -3.62. The number of hydrogen-bond acceptors (Lipinski definition) is 5. The lowest BCUT2D eigenvalue weighted by Gasteiger charge is -2.30. The number of aryl methyl sites for hydroxylation is 1. The van der Waals surface area contributed by atoms with Crippen molar-refractivity contribution in [2.45, 2.75) is 25.3 Å². The molecule has 9 nitrogen and oxygen atoms in total. The van der Waals surface area contributed by atoms with Crippen molar-refractivity contribution < 1.29 is 19.1 Å². The van der Waals surface area contributed by atoms with E-state index in [1.165, 1.54) is 11.0 Å². The molecule has 150 valence electrons. The van der Waals surface area contributed by atoms with Crippen LogP contribution in [0.4, 0.5) is 5.69 Å². The maximum Gasteiger partial charge on any atom is 0.265 e. The third kappa shape index (κ3) is 3.58. The van der Waals surface area contributed by atoms with Crippen LogP contribution in [0.25, 0.3) is 0 Å². The fraction of sp³-hybridized carbons (Fsp3) is 0.300. The molecule has 2 aliphatic rings. The molecule has 0 radical (unpaired) electrons. The number of para-hydroxylation sites is 2. The Morgan fingerprint density at radius 2 is 2.07 bits per heavy atom. The smallest absolute Gasteiger partial charge is 0.265 e. The van der Waals surface area contributed by atoms with E-state index in [2.05, 4.69) is 10.3 Å². The molecule has 1 atom stereocenters. The molecule has 1 aliphatic heterocycles. The highest BCUT2D eigenvalue weighted by atomic mass is 16.5. The van der Waals surface area contributed by atoms with E-state index in [1.807, 2.05) is 0 Å². The zero-order chi connectivity index (χ0) is 20.5. The summed E-state index contributed by atoms with van der Waals surface area (Å²) < 4.78 is 5.39. The molecule has 4 rings (SSSR count). The zero-order valence-electron chi connectivity index (χ0n) is 15.6. The molecule has 1 aromatic carbocycles. The van der Waals surface area contributed by atoms with E-state index >= 15 is 0 Å². The number of anilines is 1. The largest absolute Gasteiger partial charge is 0.482 e. The lowest BCUT2D eigenvalue weighted by atomic mass is 9.90. The molecule has 9 heteroatoms. The van der Waals surface area contributed by atoms with Gasteiger partial charge in [-0.15, -0.1) is 0 Å². The minimum atomic E-state index is -0.819. The molecule has 1 aromatic heterocycles. The van der Waals surface area contributed by atoms with Gasteiger partial charge in [0.2, 0.25) is 5.91 Å². The molecule has 0 fully saturated rings. The van der Waals surface area contributed by atoms with E-state index in [0.717, 1.165) is 6.42 Å². The fourth-order valence-electron chi connectivity index (χ4n) is 3.78. The number of rotatable bonds is 4. The highest BCUT2D eigenvalue weighted by Crippen LogP contribution is 2.32. The first-order valence-electron chi connectivity index (χ1n) is 9.31. The summed E-state index contributed by atoms with van der Waals surface area (Å²) in [7, 11) is 0. The molecule has 0 bridgehead atoms. The number of amides is 3. The standard InChI is InChI=1S/C20H20N4O5/c21-19(27)12-8-11-13(4-3-5-14(11)23-20(12)28)22-17(25)9-24-15-6-1-2-7-16(15)29-10-18(24)26/h1-2,6-8,13H,3-5,9-10H2,(H2,21,27)(H,22,25)(H,23,28). The van der Waals surface area contributed by atoms with Crippen LogP contribution in [0, 0.1) is 0 Å². The first kappa shape index (κ1) is 18.7. The molecule has 1 unspecified atom stereocenters. The number of nitrogens with zero attached hydrogens (tertiary/aromatic N) is 1. The number of hydrogen-bond donors (Lipinski definition) is 3. The molecule has 3 amide bonds. The molecular weight excluding hydrogens is 376 g/mol. The molecule has 0 saturated heterocycles. The Morgan fingerprint density at radius 1 is 1.28 bits per heavy atom. The van der Waals surface area contributed by atoms with Gasteiger partial charge in [0, 0.05) is 5.69 Å².